The maximum atomic E-state index is 12.6. The van der Waals surface area contributed by atoms with Gasteiger partial charge in [-0.1, -0.05) is 12.1 Å². The summed E-state index contributed by atoms with van der Waals surface area (Å²) in [6, 6.07) is 14.5. The fourth-order valence-corrected chi connectivity index (χ4v) is 5.37. The quantitative estimate of drug-likeness (QED) is 0.441. The largest absolute Gasteiger partial charge is 0.497 e. The Morgan fingerprint density at radius 1 is 1.10 bits per heavy atom. The van der Waals surface area contributed by atoms with Crippen LogP contribution in [0.25, 0.3) is 11.3 Å². The Bertz CT molecular complexity index is 1120. The summed E-state index contributed by atoms with van der Waals surface area (Å²) in [4.78, 5) is 4.85. The van der Waals surface area contributed by atoms with Crippen molar-refractivity contribution in [2.24, 2.45) is 5.10 Å². The predicted molar refractivity (Wildman–Crippen MR) is 120 cm³/mol. The molecule has 4 rings (SSSR count). The summed E-state index contributed by atoms with van der Waals surface area (Å²) in [5, 5.41) is 6.78. The van der Waals surface area contributed by atoms with E-state index in [9.17, 15) is 8.42 Å². The minimum Gasteiger partial charge on any atom is -0.497 e. The monoisotopic (exact) mass is 442 g/mol. The van der Waals surface area contributed by atoms with Crippen LogP contribution in [0.2, 0.25) is 0 Å². The summed E-state index contributed by atoms with van der Waals surface area (Å²) in [5.41, 5.74) is 5.50. The zero-order chi connectivity index (χ0) is 21.0. The summed E-state index contributed by atoms with van der Waals surface area (Å²) >= 11 is 1.43. The van der Waals surface area contributed by atoms with Crippen LogP contribution >= 0.6 is 11.3 Å². The van der Waals surface area contributed by atoms with Crippen molar-refractivity contribution in [2.75, 3.05) is 25.6 Å². The highest BCUT2D eigenvalue weighted by Crippen LogP contribution is 2.27. The number of hydrogen-bond donors (Lipinski definition) is 1. The third-order valence-corrected chi connectivity index (χ3v) is 7.51. The van der Waals surface area contributed by atoms with Crippen LogP contribution in [0.3, 0.4) is 0 Å². The first-order valence-electron chi connectivity index (χ1n) is 9.55. The molecule has 0 radical (unpaired) electrons. The van der Waals surface area contributed by atoms with Gasteiger partial charge in [-0.25, -0.2) is 13.4 Å². The molecule has 0 spiro atoms. The molecule has 3 aromatic rings. The first kappa shape index (κ1) is 20.5. The number of nitrogens with one attached hydrogen (secondary N) is 1. The van der Waals surface area contributed by atoms with E-state index >= 15 is 0 Å². The van der Waals surface area contributed by atoms with Crippen LogP contribution in [0.15, 0.2) is 63.9 Å². The molecule has 1 N–H and O–H groups in total. The van der Waals surface area contributed by atoms with Crippen LogP contribution < -0.4 is 10.2 Å². The number of hydrogen-bond acceptors (Lipinski definition) is 7. The van der Waals surface area contributed by atoms with Gasteiger partial charge in [0.15, 0.2) is 0 Å². The first-order valence-corrected chi connectivity index (χ1v) is 11.9. The molecule has 9 heteroatoms. The first-order chi connectivity index (χ1) is 14.6. The van der Waals surface area contributed by atoms with Crippen molar-refractivity contribution < 1.29 is 13.2 Å². The van der Waals surface area contributed by atoms with Crippen LogP contribution in [0.5, 0.6) is 5.75 Å². The average Bonchev–Trinajstić information content (AvgIpc) is 3.47. The van der Waals surface area contributed by atoms with E-state index < -0.39 is 10.0 Å². The molecule has 1 aliphatic heterocycles. The van der Waals surface area contributed by atoms with Gasteiger partial charge >= 0.3 is 0 Å². The highest BCUT2D eigenvalue weighted by molar-refractivity contribution is 7.89. The Labute approximate surface area is 180 Å². The van der Waals surface area contributed by atoms with Gasteiger partial charge in [-0.3, -0.25) is 5.43 Å². The Hall–Kier alpha value is -2.75. The predicted octanol–water partition coefficient (Wildman–Crippen LogP) is 4.05. The van der Waals surface area contributed by atoms with E-state index in [1.165, 1.54) is 11.3 Å². The van der Waals surface area contributed by atoms with E-state index in [2.05, 4.69) is 15.5 Å². The Morgan fingerprint density at radius 3 is 2.47 bits per heavy atom. The molecule has 30 heavy (non-hydrogen) atoms. The molecule has 0 saturated carbocycles. The summed E-state index contributed by atoms with van der Waals surface area (Å²) in [7, 11) is -1.77. The third kappa shape index (κ3) is 4.53. The highest BCUT2D eigenvalue weighted by atomic mass is 32.2. The molecule has 156 valence electrons. The molecule has 1 aromatic heterocycles. The van der Waals surface area contributed by atoms with Crippen molar-refractivity contribution in [3.63, 3.8) is 0 Å². The van der Waals surface area contributed by atoms with Gasteiger partial charge in [0.2, 0.25) is 15.2 Å². The van der Waals surface area contributed by atoms with E-state index in [0.29, 0.717) is 23.1 Å². The van der Waals surface area contributed by atoms with Crippen molar-refractivity contribution in [2.45, 2.75) is 17.7 Å². The molecule has 0 aliphatic carbocycles. The lowest BCUT2D eigenvalue weighted by Gasteiger charge is -2.15. The number of rotatable bonds is 7. The number of hydrazone groups is 1. The number of sulfonamides is 1. The van der Waals surface area contributed by atoms with Crippen LogP contribution in [0.4, 0.5) is 5.13 Å². The second kappa shape index (κ2) is 8.95. The van der Waals surface area contributed by atoms with E-state index in [-0.39, 0.29) is 0 Å². The zero-order valence-electron chi connectivity index (χ0n) is 16.5. The Morgan fingerprint density at radius 2 is 1.80 bits per heavy atom. The highest BCUT2D eigenvalue weighted by Gasteiger charge is 2.26. The lowest BCUT2D eigenvalue weighted by molar-refractivity contribution is 0.415. The SMILES string of the molecule is COc1ccc(/C=N/Nc2nc(-c3ccc(S(=O)(=O)N4CCCC4)cc3)cs2)cc1. The maximum Gasteiger partial charge on any atom is 0.243 e. The molecule has 0 amide bonds. The van der Waals surface area contributed by atoms with Crippen molar-refractivity contribution in [1.82, 2.24) is 9.29 Å². The van der Waals surface area contributed by atoms with Gasteiger partial charge in [0.05, 0.1) is 23.9 Å². The van der Waals surface area contributed by atoms with Crippen LogP contribution in [0.1, 0.15) is 18.4 Å². The molecule has 2 heterocycles. The number of thiazole rings is 1. The summed E-state index contributed by atoms with van der Waals surface area (Å²) < 4.78 is 32.0. The van der Waals surface area contributed by atoms with Gasteiger partial charge in [0.1, 0.15) is 5.75 Å². The zero-order valence-corrected chi connectivity index (χ0v) is 18.1. The third-order valence-electron chi connectivity index (χ3n) is 4.85. The van der Waals surface area contributed by atoms with E-state index in [1.54, 1.807) is 41.9 Å². The van der Waals surface area contributed by atoms with Gasteiger partial charge in [-0.2, -0.15) is 9.41 Å². The molecule has 7 nitrogen and oxygen atoms in total. The molecule has 0 unspecified atom stereocenters. The molecule has 0 atom stereocenters. The number of anilines is 1. The summed E-state index contributed by atoms with van der Waals surface area (Å²) in [6.07, 6.45) is 3.55. The normalized spacial score (nSPS) is 15.0. The van der Waals surface area contributed by atoms with Crippen molar-refractivity contribution in [3.05, 3.63) is 59.5 Å². The van der Waals surface area contributed by atoms with Crippen LogP contribution in [0, 0.1) is 0 Å². The molecular formula is C21H22N4O3S2. The summed E-state index contributed by atoms with van der Waals surface area (Å²) in [6.45, 7) is 1.20. The number of methoxy groups -OCH3 is 1. The second-order valence-electron chi connectivity index (χ2n) is 6.82. The summed E-state index contributed by atoms with van der Waals surface area (Å²) in [5.74, 6) is 0.795. The van der Waals surface area contributed by atoms with Crippen LogP contribution in [-0.4, -0.2) is 44.1 Å². The van der Waals surface area contributed by atoms with E-state index in [0.717, 1.165) is 35.4 Å². The molecular weight excluding hydrogens is 420 g/mol. The number of aromatic nitrogens is 1. The topological polar surface area (TPSA) is 83.9 Å². The minimum absolute atomic E-state index is 0.325. The van der Waals surface area contributed by atoms with Gasteiger partial charge in [-0.15, -0.1) is 11.3 Å². The van der Waals surface area contributed by atoms with Crippen molar-refractivity contribution >= 4 is 32.7 Å². The number of benzene rings is 2. The molecule has 1 saturated heterocycles. The maximum absolute atomic E-state index is 12.6. The number of ether oxygens (including phenoxy) is 1. The fourth-order valence-electron chi connectivity index (χ4n) is 3.18. The molecule has 1 fully saturated rings. The Kier molecular flexibility index (Phi) is 6.12. The number of nitrogens with zero attached hydrogens (tertiary/aromatic N) is 3. The molecule has 2 aromatic carbocycles. The van der Waals surface area contributed by atoms with Gasteiger partial charge in [0.25, 0.3) is 0 Å². The lowest BCUT2D eigenvalue weighted by Crippen LogP contribution is -2.27. The standard InChI is InChI=1S/C21H22N4O3S2/c1-28-18-8-4-16(5-9-18)14-22-24-21-23-20(15-29-21)17-6-10-19(11-7-17)30(26,27)25-12-2-3-13-25/h4-11,14-15H,2-3,12-13H2,1H3,(H,23,24)/b22-14+. The fraction of sp³-hybridized carbons (Fsp3) is 0.238. The lowest BCUT2D eigenvalue weighted by atomic mass is 10.2. The smallest absolute Gasteiger partial charge is 0.243 e. The van der Waals surface area contributed by atoms with Crippen molar-refractivity contribution in [1.29, 1.82) is 0 Å². The van der Waals surface area contributed by atoms with Crippen molar-refractivity contribution in [3.8, 4) is 17.0 Å². The molecule has 0 bridgehead atoms. The van der Waals surface area contributed by atoms with Crippen LogP contribution in [-0.2, 0) is 10.0 Å². The Balaban J connectivity index is 1.41. The van der Waals surface area contributed by atoms with Gasteiger partial charge in [0, 0.05) is 24.0 Å². The van der Waals surface area contributed by atoms with E-state index in [1.807, 2.05) is 29.6 Å². The molecule has 1 aliphatic rings. The van der Waals surface area contributed by atoms with Gasteiger partial charge < -0.3 is 4.74 Å². The van der Waals surface area contributed by atoms with Gasteiger partial charge in [-0.05, 0) is 54.8 Å². The van der Waals surface area contributed by atoms with E-state index in [4.69, 9.17) is 4.74 Å². The minimum atomic E-state index is -3.40. The average molecular weight is 443 g/mol. The second-order valence-corrected chi connectivity index (χ2v) is 9.61.